The van der Waals surface area contributed by atoms with Crippen molar-refractivity contribution in [3.8, 4) is 0 Å². The maximum absolute atomic E-state index is 12.8. The van der Waals surface area contributed by atoms with Gasteiger partial charge in [-0.2, -0.15) is 0 Å². The molecule has 3 unspecified atom stereocenters. The molecule has 0 spiro atoms. The minimum Gasteiger partial charge on any atom is -0.340 e. The molecule has 0 radical (unpaired) electrons. The second-order valence-corrected chi connectivity index (χ2v) is 21.4. The van der Waals surface area contributed by atoms with Crippen LogP contribution < -0.4 is 5.73 Å². The first-order chi connectivity index (χ1) is 31.4. The lowest BCUT2D eigenvalue weighted by Crippen LogP contribution is -2.39. The molecule has 2 aromatic carbocycles. The molecule has 1 amide bonds. The summed E-state index contributed by atoms with van der Waals surface area (Å²) in [7, 11) is 3.75. The molecule has 2 aromatic rings. The van der Waals surface area contributed by atoms with Gasteiger partial charge in [-0.05, 0) is 198 Å². The number of halogens is 1. The summed E-state index contributed by atoms with van der Waals surface area (Å²) in [6, 6.07) is 20.3. The number of carbonyl (C=O) groups is 1. The summed E-state index contributed by atoms with van der Waals surface area (Å²) in [4.78, 5) is 23.0. The normalized spacial score (nSPS) is 21.8. The summed E-state index contributed by atoms with van der Waals surface area (Å²) < 4.78 is 12.8. The van der Waals surface area contributed by atoms with Crippen LogP contribution in [0.3, 0.4) is 0 Å². The SMILES string of the molecule is CC(C)C1CCCCN1C.CC(C)N1CCC(c2ccc(F)cc2)CC1.CC(C)N1CCCC1=O.CC(C)c1ccccc1.CCN1CCC(C(C)C)C1.CCN1CCCC1C(C)C.CN.[3HH]. The van der Waals surface area contributed by atoms with E-state index in [9.17, 15) is 9.18 Å². The topological polar surface area (TPSA) is 59.3 Å². The maximum Gasteiger partial charge on any atom is 0.222 e. The third-order valence-corrected chi connectivity index (χ3v) is 14.7. The van der Waals surface area contributed by atoms with Gasteiger partial charge in [-0.25, -0.2) is 4.39 Å². The van der Waals surface area contributed by atoms with Crippen molar-refractivity contribution in [2.24, 2.45) is 29.4 Å². The molecule has 7 rings (SSSR count). The number of hydrogen-bond donors (Lipinski definition) is 1. The first kappa shape index (κ1) is 61.7. The fourth-order valence-corrected chi connectivity index (χ4v) is 10.2. The molecule has 0 saturated carbocycles. The summed E-state index contributed by atoms with van der Waals surface area (Å²) in [6.07, 6.45) is 12.7. The Morgan fingerprint density at radius 3 is 1.58 bits per heavy atom. The predicted octanol–water partition coefficient (Wildman–Crippen LogP) is 13.3. The lowest BCUT2D eigenvalue weighted by molar-refractivity contribution is -0.129. The van der Waals surface area contributed by atoms with Crippen molar-refractivity contribution in [2.45, 2.75) is 197 Å². The second-order valence-electron chi connectivity index (χ2n) is 21.4. The van der Waals surface area contributed by atoms with Gasteiger partial charge in [0.05, 0.1) is 0 Å². The minimum atomic E-state index is -0.136. The second kappa shape index (κ2) is 34.8. The van der Waals surface area contributed by atoms with Crippen LogP contribution in [0.1, 0.15) is 186 Å². The van der Waals surface area contributed by atoms with Crippen LogP contribution in [-0.4, -0.2) is 128 Å². The number of nitrogens with zero attached hydrogens (tertiary/aromatic N) is 5. The molecule has 384 valence electrons. The van der Waals surface area contributed by atoms with Crippen molar-refractivity contribution in [2.75, 3.05) is 73.0 Å². The van der Waals surface area contributed by atoms with Crippen LogP contribution >= 0.6 is 0 Å². The molecule has 8 heteroatoms. The van der Waals surface area contributed by atoms with E-state index in [-0.39, 0.29) is 7.24 Å². The number of benzene rings is 2. The van der Waals surface area contributed by atoms with Gasteiger partial charge in [0.1, 0.15) is 5.82 Å². The monoisotopic (exact) mass is 927 g/mol. The average molecular weight is 928 g/mol. The van der Waals surface area contributed by atoms with Gasteiger partial charge >= 0.3 is 0 Å². The number of nitrogens with two attached hydrogens (primary N) is 1. The van der Waals surface area contributed by atoms with E-state index >= 15 is 0 Å². The minimum absolute atomic E-state index is 0. The molecular weight excluding hydrogens is 816 g/mol. The largest absolute Gasteiger partial charge is 0.340 e. The quantitative estimate of drug-likeness (QED) is 0.270. The van der Waals surface area contributed by atoms with E-state index in [1.54, 1.807) is 12.1 Å². The van der Waals surface area contributed by atoms with E-state index in [2.05, 4.69) is 154 Å². The van der Waals surface area contributed by atoms with Crippen molar-refractivity contribution in [1.29, 1.82) is 0 Å². The number of hydrogen-bond acceptors (Lipinski definition) is 6. The average Bonchev–Trinajstić information content (AvgIpc) is 4.11. The molecule has 2 N–H and O–H groups in total. The number of amides is 1. The molecule has 7 nitrogen and oxygen atoms in total. The molecule has 66 heavy (non-hydrogen) atoms. The molecule has 3 atom stereocenters. The summed E-state index contributed by atoms with van der Waals surface area (Å²) >= 11 is 0. The number of piperidine rings is 2. The zero-order chi connectivity index (χ0) is 49.8. The standard InChI is InChI=1S/C14H20FN.3C9H19N.C9H12.C7H13NO.CH5N.H2/c1-11(2)16-9-7-13(8-10-16)12-3-5-14(15)6-4-12;1-8(2)9-6-4-5-7-10(9)3;1-4-10-6-5-9(7-10)8(2)3;1-4-10-7-5-6-9(10)8(2)3;1-8(2)9-6-4-3-5-7-9;1-6(2)8-5-3-4-7(8)9;1-2;/h3-6,11,13H,7-10H2,1-2H3;3*8-9H,4-7H2,1-3H3;3-8H,1-2H3;6H,3-5H2,1-2H3;2H2,1H3;1H/i;;;;;;;1+2. The Labute approximate surface area is 410 Å². The third kappa shape index (κ3) is 23.8. The molecule has 5 heterocycles. The highest BCUT2D eigenvalue weighted by molar-refractivity contribution is 5.78. The van der Waals surface area contributed by atoms with Crippen LogP contribution in [0.15, 0.2) is 54.6 Å². The first-order valence-electron chi connectivity index (χ1n) is 27.0. The Balaban J connectivity index is 0.000000782. The van der Waals surface area contributed by atoms with E-state index in [0.717, 1.165) is 55.1 Å². The summed E-state index contributed by atoms with van der Waals surface area (Å²) in [5.41, 5.74) is 7.21. The van der Waals surface area contributed by atoms with Crippen LogP contribution in [0, 0.1) is 29.5 Å². The van der Waals surface area contributed by atoms with Crippen molar-refractivity contribution in [3.05, 3.63) is 71.5 Å². The summed E-state index contributed by atoms with van der Waals surface area (Å²) in [5.74, 6) is 5.01. The molecular formula is C58H109FN6O. The van der Waals surface area contributed by atoms with Gasteiger partial charge in [-0.15, -0.1) is 0 Å². The van der Waals surface area contributed by atoms with Crippen molar-refractivity contribution < 1.29 is 10.6 Å². The number of carbonyl (C=O) groups excluding carboxylic acids is 1. The van der Waals surface area contributed by atoms with Gasteiger partial charge in [0.2, 0.25) is 5.91 Å². The van der Waals surface area contributed by atoms with Gasteiger partial charge in [0, 0.05) is 45.1 Å². The van der Waals surface area contributed by atoms with Crippen molar-refractivity contribution >= 4 is 5.91 Å². The van der Waals surface area contributed by atoms with Gasteiger partial charge in [0.25, 0.3) is 0 Å². The predicted molar refractivity (Wildman–Crippen MR) is 289 cm³/mol. The number of likely N-dealkylation sites (tertiary alicyclic amines) is 5. The van der Waals surface area contributed by atoms with Crippen LogP contribution in [0.5, 0.6) is 0 Å². The molecule has 0 aliphatic carbocycles. The lowest BCUT2D eigenvalue weighted by Gasteiger charge is -2.35. The third-order valence-electron chi connectivity index (χ3n) is 14.7. The Morgan fingerprint density at radius 2 is 1.21 bits per heavy atom. The highest BCUT2D eigenvalue weighted by atomic mass is 19.1. The zero-order valence-corrected chi connectivity index (χ0v) is 46.0. The highest BCUT2D eigenvalue weighted by Crippen LogP contribution is 2.29. The van der Waals surface area contributed by atoms with Gasteiger partial charge in [-0.1, -0.05) is 118 Å². The van der Waals surface area contributed by atoms with E-state index in [4.69, 9.17) is 0 Å². The van der Waals surface area contributed by atoms with Crippen LogP contribution in [0.25, 0.3) is 0 Å². The molecule has 5 aliphatic rings. The Morgan fingerprint density at radius 1 is 0.621 bits per heavy atom. The Kier molecular flexibility index (Phi) is 32.6. The smallest absolute Gasteiger partial charge is 0.222 e. The Bertz CT molecular complexity index is 1460. The maximum atomic E-state index is 12.8. The fraction of sp³-hybridized carbons (Fsp3) is 0.776. The van der Waals surface area contributed by atoms with Crippen LogP contribution in [0.4, 0.5) is 4.39 Å². The van der Waals surface area contributed by atoms with E-state index in [1.165, 1.54) is 122 Å². The molecule has 0 bridgehead atoms. The van der Waals surface area contributed by atoms with E-state index in [1.807, 2.05) is 23.1 Å². The molecule has 5 saturated heterocycles. The first-order valence-corrected chi connectivity index (χ1v) is 27.0. The Hall–Kier alpha value is -2.36. The van der Waals surface area contributed by atoms with Gasteiger partial charge in [0.15, 0.2) is 0 Å². The summed E-state index contributed by atoms with van der Waals surface area (Å²) in [5, 5.41) is 0. The van der Waals surface area contributed by atoms with E-state index < -0.39 is 0 Å². The fourth-order valence-electron chi connectivity index (χ4n) is 10.2. The van der Waals surface area contributed by atoms with Crippen LogP contribution in [0.2, 0.25) is 0 Å². The van der Waals surface area contributed by atoms with Gasteiger partial charge < -0.3 is 30.2 Å². The number of rotatable bonds is 9. The highest BCUT2D eigenvalue weighted by Gasteiger charge is 2.26. The van der Waals surface area contributed by atoms with Gasteiger partial charge in [-0.3, -0.25) is 4.79 Å². The van der Waals surface area contributed by atoms with Crippen molar-refractivity contribution in [1.82, 2.24) is 24.5 Å². The zero-order valence-electron chi connectivity index (χ0n) is 46.0. The van der Waals surface area contributed by atoms with E-state index in [0.29, 0.717) is 29.8 Å². The molecule has 5 fully saturated rings. The molecule has 5 aliphatic heterocycles. The molecule has 0 aromatic heterocycles. The summed E-state index contributed by atoms with van der Waals surface area (Å²) in [6.45, 7) is 42.6. The van der Waals surface area contributed by atoms with Crippen molar-refractivity contribution in [3.63, 3.8) is 0 Å². The lowest BCUT2D eigenvalue weighted by atomic mass is 9.89. The van der Waals surface area contributed by atoms with Crippen LogP contribution in [-0.2, 0) is 4.79 Å².